The van der Waals surface area contributed by atoms with E-state index in [-0.39, 0.29) is 6.03 Å². The van der Waals surface area contributed by atoms with Gasteiger partial charge in [0.25, 0.3) is 0 Å². The van der Waals surface area contributed by atoms with E-state index >= 15 is 0 Å². The average Bonchev–Trinajstić information content (AvgIpc) is 3.30. The number of amides is 2. The van der Waals surface area contributed by atoms with Gasteiger partial charge in [0, 0.05) is 37.6 Å². The van der Waals surface area contributed by atoms with Crippen molar-refractivity contribution in [2.45, 2.75) is 38.1 Å². The molecule has 0 radical (unpaired) electrons. The van der Waals surface area contributed by atoms with Gasteiger partial charge in [-0.3, -0.25) is 0 Å². The molecule has 2 fully saturated rings. The number of nitrogens with one attached hydrogen (secondary N) is 1. The lowest BCUT2D eigenvalue weighted by Gasteiger charge is -2.35. The fourth-order valence-corrected chi connectivity index (χ4v) is 4.25. The Labute approximate surface area is 175 Å². The van der Waals surface area contributed by atoms with Crippen molar-refractivity contribution in [3.8, 4) is 11.5 Å². The molecule has 2 amide bonds. The Morgan fingerprint density at radius 2 is 1.77 bits per heavy atom. The van der Waals surface area contributed by atoms with Crippen LogP contribution in [0.25, 0.3) is 22.4 Å². The number of urea groups is 1. The zero-order chi connectivity index (χ0) is 20.3. The lowest BCUT2D eigenvalue weighted by molar-refractivity contribution is 0.185. The largest absolute Gasteiger partial charge is 0.335 e. The summed E-state index contributed by atoms with van der Waals surface area (Å²) in [7, 11) is 0. The fourth-order valence-electron chi connectivity index (χ4n) is 4.25. The monoisotopic (exact) mass is 406 g/mol. The van der Waals surface area contributed by atoms with Crippen molar-refractivity contribution in [2.24, 2.45) is 0 Å². The quantitative estimate of drug-likeness (QED) is 0.717. The van der Waals surface area contributed by atoms with Gasteiger partial charge < -0.3 is 19.6 Å². The van der Waals surface area contributed by atoms with Crippen molar-refractivity contribution in [1.29, 1.82) is 0 Å². The van der Waals surface area contributed by atoms with Crippen LogP contribution in [0.4, 0.5) is 10.8 Å². The topological polar surface area (TPSA) is 87.4 Å². The van der Waals surface area contributed by atoms with Gasteiger partial charge >= 0.3 is 12.0 Å². The second kappa shape index (κ2) is 8.30. The predicted molar refractivity (Wildman–Crippen MR) is 114 cm³/mol. The van der Waals surface area contributed by atoms with Crippen LogP contribution in [0.1, 0.15) is 32.1 Å². The molecule has 0 unspecified atom stereocenters. The lowest BCUT2D eigenvalue weighted by atomic mass is 9.96. The Kier molecular flexibility index (Phi) is 5.21. The molecule has 1 N–H and O–H groups in total. The summed E-state index contributed by atoms with van der Waals surface area (Å²) >= 11 is 0. The number of hydrogen-bond donors (Lipinski definition) is 1. The number of carbonyl (C=O) groups is 1. The Balaban J connectivity index is 1.20. The minimum atomic E-state index is 0.0492. The summed E-state index contributed by atoms with van der Waals surface area (Å²) < 4.78 is 5.49. The van der Waals surface area contributed by atoms with Crippen molar-refractivity contribution in [2.75, 3.05) is 31.1 Å². The molecule has 156 valence electrons. The third kappa shape index (κ3) is 3.94. The van der Waals surface area contributed by atoms with Crippen LogP contribution < -0.4 is 10.2 Å². The first-order valence-corrected chi connectivity index (χ1v) is 10.8. The first-order chi connectivity index (χ1) is 14.8. The highest BCUT2D eigenvalue weighted by molar-refractivity contribution is 5.80. The second-order valence-corrected chi connectivity index (χ2v) is 8.05. The Hall–Kier alpha value is -3.16. The number of piperazine rings is 1. The zero-order valence-corrected chi connectivity index (χ0v) is 17.0. The van der Waals surface area contributed by atoms with E-state index in [2.05, 4.69) is 20.4 Å². The number of nitrogens with zero attached hydrogens (tertiary/aromatic N) is 5. The minimum absolute atomic E-state index is 0.0492. The van der Waals surface area contributed by atoms with E-state index < -0.39 is 0 Å². The lowest BCUT2D eigenvalue weighted by Crippen LogP contribution is -2.53. The summed E-state index contributed by atoms with van der Waals surface area (Å²) in [4.78, 5) is 25.6. The van der Waals surface area contributed by atoms with Gasteiger partial charge in [-0.05, 0) is 25.0 Å². The number of para-hydroxylation sites is 1. The van der Waals surface area contributed by atoms with Crippen molar-refractivity contribution in [1.82, 2.24) is 25.3 Å². The summed E-state index contributed by atoms with van der Waals surface area (Å²) in [5.74, 6) is 0.480. The van der Waals surface area contributed by atoms with E-state index in [4.69, 9.17) is 4.52 Å². The summed E-state index contributed by atoms with van der Waals surface area (Å²) in [6.45, 7) is 2.63. The summed E-state index contributed by atoms with van der Waals surface area (Å²) in [5, 5.41) is 8.39. The molecular weight excluding hydrogens is 380 g/mol. The van der Waals surface area contributed by atoms with Gasteiger partial charge in [-0.25, -0.2) is 9.78 Å². The van der Waals surface area contributed by atoms with Crippen LogP contribution in [0.3, 0.4) is 0 Å². The molecule has 3 heterocycles. The molecule has 1 saturated heterocycles. The second-order valence-electron chi connectivity index (χ2n) is 8.05. The molecule has 0 bridgehead atoms. The SMILES string of the molecule is O=C(NC1CCCCC1)N1CCN(c2nc(-c3ccc4ccccc4n3)no2)CC1. The molecule has 0 atom stereocenters. The van der Waals surface area contributed by atoms with Gasteiger partial charge in [0.15, 0.2) is 0 Å². The molecule has 1 saturated carbocycles. The van der Waals surface area contributed by atoms with Gasteiger partial charge in [-0.1, -0.05) is 48.7 Å². The van der Waals surface area contributed by atoms with E-state index in [1.54, 1.807) is 0 Å². The molecular formula is C22H26N6O2. The zero-order valence-electron chi connectivity index (χ0n) is 17.0. The first-order valence-electron chi connectivity index (χ1n) is 10.8. The van der Waals surface area contributed by atoms with E-state index in [1.807, 2.05) is 46.2 Å². The van der Waals surface area contributed by atoms with E-state index in [0.717, 1.165) is 23.7 Å². The normalized spacial score (nSPS) is 18.0. The molecule has 8 nitrogen and oxygen atoms in total. The van der Waals surface area contributed by atoms with Crippen LogP contribution in [-0.4, -0.2) is 58.3 Å². The summed E-state index contributed by atoms with van der Waals surface area (Å²) in [5.41, 5.74) is 1.59. The molecule has 3 aromatic rings. The van der Waals surface area contributed by atoms with Gasteiger partial charge in [-0.2, -0.15) is 4.98 Å². The third-order valence-corrected chi connectivity index (χ3v) is 6.01. The number of rotatable bonds is 3. The number of aromatic nitrogens is 3. The average molecular weight is 406 g/mol. The van der Waals surface area contributed by atoms with Crippen LogP contribution in [0.15, 0.2) is 40.9 Å². The van der Waals surface area contributed by atoms with E-state index in [1.165, 1.54) is 19.3 Å². The maximum atomic E-state index is 12.5. The van der Waals surface area contributed by atoms with Gasteiger partial charge in [0.05, 0.1) is 5.52 Å². The number of carbonyl (C=O) groups excluding carboxylic acids is 1. The minimum Gasteiger partial charge on any atom is -0.335 e. The molecule has 1 aromatic carbocycles. The van der Waals surface area contributed by atoms with Gasteiger partial charge in [-0.15, -0.1) is 0 Å². The molecule has 2 aromatic heterocycles. The van der Waals surface area contributed by atoms with Crippen LogP contribution in [0.2, 0.25) is 0 Å². The van der Waals surface area contributed by atoms with E-state index in [9.17, 15) is 4.79 Å². The van der Waals surface area contributed by atoms with Crippen molar-refractivity contribution in [3.05, 3.63) is 36.4 Å². The summed E-state index contributed by atoms with van der Waals surface area (Å²) in [6, 6.07) is 12.7. The van der Waals surface area contributed by atoms with Gasteiger partial charge in [0.2, 0.25) is 5.82 Å². The summed E-state index contributed by atoms with van der Waals surface area (Å²) in [6.07, 6.45) is 5.90. The maximum Gasteiger partial charge on any atom is 0.324 e. The fraction of sp³-hybridized carbons (Fsp3) is 0.455. The predicted octanol–water partition coefficient (Wildman–Crippen LogP) is 3.45. The highest BCUT2D eigenvalue weighted by Gasteiger charge is 2.26. The molecule has 8 heteroatoms. The number of pyridine rings is 1. The number of benzene rings is 1. The standard InChI is InChI=1S/C22H26N6O2/c29-21(23-17-7-2-1-3-8-17)27-12-14-28(15-13-27)22-25-20(26-30-22)19-11-10-16-6-4-5-9-18(16)24-19/h4-6,9-11,17H,1-3,7-8,12-15H2,(H,23,29). The van der Waals surface area contributed by atoms with Gasteiger partial charge in [0.1, 0.15) is 5.69 Å². The smallest absolute Gasteiger partial charge is 0.324 e. The molecule has 2 aliphatic rings. The molecule has 5 rings (SSSR count). The molecule has 0 spiro atoms. The molecule has 1 aliphatic heterocycles. The highest BCUT2D eigenvalue weighted by atomic mass is 16.5. The highest BCUT2D eigenvalue weighted by Crippen LogP contribution is 2.22. The number of anilines is 1. The Bertz CT molecular complexity index is 1020. The van der Waals surface area contributed by atoms with Crippen LogP contribution in [0.5, 0.6) is 0 Å². The Morgan fingerprint density at radius 1 is 0.967 bits per heavy atom. The van der Waals surface area contributed by atoms with Crippen molar-refractivity contribution >= 4 is 22.9 Å². The Morgan fingerprint density at radius 3 is 2.60 bits per heavy atom. The van der Waals surface area contributed by atoms with Crippen molar-refractivity contribution < 1.29 is 9.32 Å². The first kappa shape index (κ1) is 18.8. The van der Waals surface area contributed by atoms with Crippen LogP contribution >= 0.6 is 0 Å². The number of hydrogen-bond acceptors (Lipinski definition) is 6. The maximum absolute atomic E-state index is 12.5. The van der Waals surface area contributed by atoms with E-state index in [0.29, 0.717) is 49.8 Å². The third-order valence-electron chi connectivity index (χ3n) is 6.01. The van der Waals surface area contributed by atoms with Crippen molar-refractivity contribution in [3.63, 3.8) is 0 Å². The molecule has 1 aliphatic carbocycles. The van der Waals surface area contributed by atoms with Crippen LogP contribution in [-0.2, 0) is 0 Å². The molecule has 30 heavy (non-hydrogen) atoms. The van der Waals surface area contributed by atoms with Crippen LogP contribution in [0, 0.1) is 0 Å². The number of fused-ring (bicyclic) bond motifs is 1.